The molecule has 0 spiro atoms. The van der Waals surface area contributed by atoms with E-state index in [1.807, 2.05) is 0 Å². The maximum absolute atomic E-state index is 13.3. The number of hydrogen-bond acceptors (Lipinski definition) is 3. The number of nitrogens with zero attached hydrogens (tertiary/aromatic N) is 2. The van der Waals surface area contributed by atoms with E-state index in [0.29, 0.717) is 5.75 Å². The molecule has 0 unspecified atom stereocenters. The highest BCUT2D eigenvalue weighted by atomic mass is 19.1. The molecule has 2 rings (SSSR count). The topological polar surface area (TPSA) is 42.4 Å². The zero-order valence-corrected chi connectivity index (χ0v) is 9.24. The van der Waals surface area contributed by atoms with Crippen molar-refractivity contribution in [3.8, 4) is 5.75 Å². The van der Waals surface area contributed by atoms with Crippen LogP contribution in [0.4, 0.5) is 4.39 Å². The summed E-state index contributed by atoms with van der Waals surface area (Å²) in [6.07, 6.45) is 3.53. The summed E-state index contributed by atoms with van der Waals surface area (Å²) in [4.78, 5) is 16.4. The van der Waals surface area contributed by atoms with Gasteiger partial charge >= 0.3 is 0 Å². The summed E-state index contributed by atoms with van der Waals surface area (Å²) in [6.45, 7) is 0. The first-order chi connectivity index (χ1) is 7.58. The number of ether oxygens (including phenoxy) is 1. The van der Waals surface area contributed by atoms with Gasteiger partial charge in [-0.2, -0.15) is 4.39 Å². The zero-order chi connectivity index (χ0) is 11.7. The van der Waals surface area contributed by atoms with Crippen molar-refractivity contribution in [3.05, 3.63) is 23.8 Å². The van der Waals surface area contributed by atoms with Crippen molar-refractivity contribution in [2.75, 3.05) is 14.1 Å². The van der Waals surface area contributed by atoms with Gasteiger partial charge in [0.1, 0.15) is 5.75 Å². The fraction of sp³-hybridized carbons (Fsp3) is 0.455. The molecular weight excluding hydrogens is 211 g/mol. The Morgan fingerprint density at radius 3 is 2.81 bits per heavy atom. The van der Waals surface area contributed by atoms with E-state index in [9.17, 15) is 9.18 Å². The molecule has 1 aliphatic carbocycles. The Balaban J connectivity index is 2.24. The maximum atomic E-state index is 13.3. The fourth-order valence-electron chi connectivity index (χ4n) is 1.26. The molecule has 1 aromatic rings. The molecule has 0 atom stereocenters. The molecule has 5 heteroatoms. The normalized spacial score (nSPS) is 14.7. The smallest absolute Gasteiger partial charge is 0.258 e. The molecule has 0 radical (unpaired) electrons. The summed E-state index contributed by atoms with van der Waals surface area (Å²) in [7, 11) is 3.13. The van der Waals surface area contributed by atoms with E-state index in [0.717, 1.165) is 12.8 Å². The minimum atomic E-state index is -0.762. The van der Waals surface area contributed by atoms with Crippen molar-refractivity contribution in [2.24, 2.45) is 0 Å². The Morgan fingerprint density at radius 2 is 2.25 bits per heavy atom. The van der Waals surface area contributed by atoms with Gasteiger partial charge in [0.25, 0.3) is 5.91 Å². The van der Waals surface area contributed by atoms with Crippen molar-refractivity contribution in [3.63, 3.8) is 0 Å². The van der Waals surface area contributed by atoms with Crippen LogP contribution in [-0.2, 0) is 0 Å². The first-order valence-corrected chi connectivity index (χ1v) is 5.12. The minimum absolute atomic E-state index is 0.0526. The van der Waals surface area contributed by atoms with Gasteiger partial charge < -0.3 is 9.64 Å². The Kier molecular flexibility index (Phi) is 2.77. The minimum Gasteiger partial charge on any atom is -0.489 e. The van der Waals surface area contributed by atoms with Crippen LogP contribution in [0.5, 0.6) is 5.75 Å². The second-order valence-electron chi connectivity index (χ2n) is 4.03. The molecule has 1 heterocycles. The summed E-state index contributed by atoms with van der Waals surface area (Å²) in [5.74, 6) is -0.720. The average Bonchev–Trinajstić information content (AvgIpc) is 3.03. The van der Waals surface area contributed by atoms with Crippen LogP contribution in [0, 0.1) is 5.95 Å². The van der Waals surface area contributed by atoms with Crippen LogP contribution < -0.4 is 4.74 Å². The van der Waals surface area contributed by atoms with E-state index in [1.165, 1.54) is 17.2 Å². The third-order valence-electron chi connectivity index (χ3n) is 2.28. The number of halogens is 1. The number of rotatable bonds is 3. The van der Waals surface area contributed by atoms with Gasteiger partial charge in [-0.05, 0) is 18.9 Å². The quantitative estimate of drug-likeness (QED) is 0.730. The second kappa shape index (κ2) is 4.08. The molecule has 0 aromatic carbocycles. The zero-order valence-electron chi connectivity index (χ0n) is 9.24. The van der Waals surface area contributed by atoms with Gasteiger partial charge in [0, 0.05) is 14.1 Å². The number of aromatic nitrogens is 1. The first kappa shape index (κ1) is 10.9. The predicted octanol–water partition coefficient (Wildman–Crippen LogP) is 1.46. The van der Waals surface area contributed by atoms with E-state index in [-0.39, 0.29) is 11.7 Å². The molecule has 0 bridgehead atoms. The van der Waals surface area contributed by atoms with Crippen LogP contribution in [0.1, 0.15) is 23.2 Å². The number of amides is 1. The molecule has 1 saturated carbocycles. The van der Waals surface area contributed by atoms with Gasteiger partial charge in [0.15, 0.2) is 0 Å². The predicted molar refractivity (Wildman–Crippen MR) is 55.9 cm³/mol. The van der Waals surface area contributed by atoms with Crippen LogP contribution in [-0.4, -0.2) is 36.0 Å². The number of hydrogen-bond donors (Lipinski definition) is 0. The van der Waals surface area contributed by atoms with Crippen LogP contribution in [0.15, 0.2) is 12.3 Å². The van der Waals surface area contributed by atoms with E-state index in [4.69, 9.17) is 4.74 Å². The van der Waals surface area contributed by atoms with Gasteiger partial charge in [0.05, 0.1) is 17.9 Å². The maximum Gasteiger partial charge on any atom is 0.258 e. The van der Waals surface area contributed by atoms with Crippen molar-refractivity contribution in [1.82, 2.24) is 9.88 Å². The lowest BCUT2D eigenvalue weighted by Gasteiger charge is -2.11. The Morgan fingerprint density at radius 1 is 1.56 bits per heavy atom. The van der Waals surface area contributed by atoms with Gasteiger partial charge in [-0.25, -0.2) is 4.98 Å². The third kappa shape index (κ3) is 2.29. The van der Waals surface area contributed by atoms with Crippen molar-refractivity contribution >= 4 is 5.91 Å². The highest BCUT2D eigenvalue weighted by molar-refractivity contribution is 5.94. The molecule has 1 aromatic heterocycles. The molecule has 86 valence electrons. The van der Waals surface area contributed by atoms with E-state index >= 15 is 0 Å². The summed E-state index contributed by atoms with van der Waals surface area (Å²) in [5, 5.41) is 0. The van der Waals surface area contributed by atoms with Crippen molar-refractivity contribution in [2.45, 2.75) is 18.9 Å². The van der Waals surface area contributed by atoms with Crippen LogP contribution in [0.3, 0.4) is 0 Å². The van der Waals surface area contributed by atoms with Crippen LogP contribution in [0.2, 0.25) is 0 Å². The first-order valence-electron chi connectivity index (χ1n) is 5.12. The standard InChI is InChI=1S/C11H13FN2O2/c1-14(2)11(15)9-5-8(6-13-10(9)12)16-7-3-4-7/h5-7H,3-4H2,1-2H3. The Labute approximate surface area is 93.0 Å². The molecule has 1 fully saturated rings. The van der Waals surface area contributed by atoms with E-state index in [1.54, 1.807) is 14.1 Å². The van der Waals surface area contributed by atoms with Crippen LogP contribution >= 0.6 is 0 Å². The molecule has 16 heavy (non-hydrogen) atoms. The van der Waals surface area contributed by atoms with Crippen molar-refractivity contribution < 1.29 is 13.9 Å². The molecule has 0 N–H and O–H groups in total. The number of pyridine rings is 1. The van der Waals surface area contributed by atoms with Gasteiger partial charge in [0.2, 0.25) is 5.95 Å². The molecule has 0 aliphatic heterocycles. The summed E-state index contributed by atoms with van der Waals surface area (Å²) < 4.78 is 18.8. The Bertz CT molecular complexity index is 416. The molecule has 1 amide bonds. The largest absolute Gasteiger partial charge is 0.489 e. The molecular formula is C11H13FN2O2. The van der Waals surface area contributed by atoms with Crippen molar-refractivity contribution in [1.29, 1.82) is 0 Å². The van der Waals surface area contributed by atoms with Gasteiger partial charge in [-0.15, -0.1) is 0 Å². The number of carbonyl (C=O) groups is 1. The number of carbonyl (C=O) groups excluding carboxylic acids is 1. The average molecular weight is 224 g/mol. The molecule has 4 nitrogen and oxygen atoms in total. The lowest BCUT2D eigenvalue weighted by molar-refractivity contribution is 0.0821. The molecule has 1 aliphatic rings. The summed E-state index contributed by atoms with van der Waals surface area (Å²) >= 11 is 0. The highest BCUT2D eigenvalue weighted by Gasteiger charge is 2.24. The summed E-state index contributed by atoms with van der Waals surface area (Å²) in [6, 6.07) is 1.41. The molecule has 0 saturated heterocycles. The lowest BCUT2D eigenvalue weighted by atomic mass is 10.2. The second-order valence-corrected chi connectivity index (χ2v) is 4.03. The highest BCUT2D eigenvalue weighted by Crippen LogP contribution is 2.27. The SMILES string of the molecule is CN(C)C(=O)c1cc(OC2CC2)cnc1F. The van der Waals surface area contributed by atoms with Gasteiger partial charge in [-0.1, -0.05) is 0 Å². The third-order valence-corrected chi connectivity index (χ3v) is 2.28. The van der Waals surface area contributed by atoms with E-state index in [2.05, 4.69) is 4.98 Å². The van der Waals surface area contributed by atoms with Gasteiger partial charge in [-0.3, -0.25) is 4.79 Å². The monoisotopic (exact) mass is 224 g/mol. The Hall–Kier alpha value is -1.65. The summed E-state index contributed by atoms with van der Waals surface area (Å²) in [5.41, 5.74) is -0.0526. The lowest BCUT2D eigenvalue weighted by Crippen LogP contribution is -2.23. The van der Waals surface area contributed by atoms with Crippen LogP contribution in [0.25, 0.3) is 0 Å². The van der Waals surface area contributed by atoms with E-state index < -0.39 is 11.9 Å². The fourth-order valence-corrected chi connectivity index (χ4v) is 1.26.